The van der Waals surface area contributed by atoms with Gasteiger partial charge in [-0.05, 0) is 48.0 Å². The molecule has 1 N–H and O–H groups in total. The lowest BCUT2D eigenvalue weighted by Crippen LogP contribution is -2.29. The molecule has 1 amide bonds. The van der Waals surface area contributed by atoms with E-state index >= 15 is 0 Å². The minimum atomic E-state index is -0.570. The van der Waals surface area contributed by atoms with Gasteiger partial charge in [-0.15, -0.1) is 0 Å². The van der Waals surface area contributed by atoms with Gasteiger partial charge in [0.05, 0.1) is 0 Å². The topological polar surface area (TPSA) is 56.0 Å². The van der Waals surface area contributed by atoms with Crippen LogP contribution in [-0.4, -0.2) is 5.91 Å². The molecular formula is C20H17ClN2O2S. The van der Waals surface area contributed by atoms with Crippen molar-refractivity contribution in [1.82, 2.24) is 0 Å². The zero-order chi connectivity index (χ0) is 18.5. The Bertz CT molecular complexity index is 919. The maximum Gasteiger partial charge on any atom is 0.252 e. The van der Waals surface area contributed by atoms with Crippen molar-refractivity contribution in [3.63, 3.8) is 0 Å². The highest BCUT2D eigenvalue weighted by molar-refractivity contribution is 8.00. The van der Waals surface area contributed by atoms with Crippen molar-refractivity contribution < 1.29 is 9.52 Å². The van der Waals surface area contributed by atoms with Crippen LogP contribution in [-0.2, 0) is 4.79 Å². The van der Waals surface area contributed by atoms with E-state index in [-0.39, 0.29) is 5.91 Å². The number of halogens is 1. The first kappa shape index (κ1) is 18.3. The molecule has 0 radical (unpaired) electrons. The molecule has 0 aliphatic heterocycles. The Balaban J connectivity index is 1.88. The molecule has 3 rings (SSSR count). The molecule has 3 aromatic rings. The van der Waals surface area contributed by atoms with E-state index in [2.05, 4.69) is 5.32 Å². The van der Waals surface area contributed by atoms with Crippen LogP contribution in [0.4, 0.5) is 5.69 Å². The van der Waals surface area contributed by atoms with Gasteiger partial charge in [0, 0.05) is 22.8 Å². The molecule has 1 atom stereocenters. The molecule has 0 bridgehead atoms. The lowest BCUT2D eigenvalue weighted by Gasteiger charge is -2.16. The summed E-state index contributed by atoms with van der Waals surface area (Å²) >= 11 is 7.35. The third-order valence-corrected chi connectivity index (χ3v) is 5.49. The Morgan fingerprint density at radius 2 is 1.85 bits per heavy atom. The van der Waals surface area contributed by atoms with E-state index in [0.717, 1.165) is 15.9 Å². The van der Waals surface area contributed by atoms with Crippen molar-refractivity contribution in [3.05, 3.63) is 94.3 Å². The second-order valence-corrected chi connectivity index (χ2v) is 7.26. The van der Waals surface area contributed by atoms with Gasteiger partial charge >= 0.3 is 0 Å². The first-order chi connectivity index (χ1) is 12.5. The van der Waals surface area contributed by atoms with E-state index in [1.165, 1.54) is 18.0 Å². The fourth-order valence-corrected chi connectivity index (χ4v) is 3.61. The lowest BCUT2D eigenvalue weighted by molar-refractivity contribution is -0.645. The highest BCUT2D eigenvalue weighted by Crippen LogP contribution is 2.34. The summed E-state index contributed by atoms with van der Waals surface area (Å²) in [4.78, 5) is 12.9. The van der Waals surface area contributed by atoms with Gasteiger partial charge < -0.3 is 10.5 Å². The monoisotopic (exact) mass is 384 g/mol. The van der Waals surface area contributed by atoms with Crippen molar-refractivity contribution in [2.24, 2.45) is 0 Å². The van der Waals surface area contributed by atoms with Crippen molar-refractivity contribution in [2.75, 3.05) is 5.32 Å². The smallest absolute Gasteiger partial charge is 0.252 e. The van der Waals surface area contributed by atoms with Gasteiger partial charge in [0.25, 0.3) is 5.03 Å². The van der Waals surface area contributed by atoms with Crippen molar-refractivity contribution >= 4 is 35.0 Å². The zero-order valence-electron chi connectivity index (χ0n) is 14.1. The summed E-state index contributed by atoms with van der Waals surface area (Å²) in [5.41, 5.74) is 2.38. The van der Waals surface area contributed by atoms with Crippen LogP contribution in [0.1, 0.15) is 16.4 Å². The number of pyridine rings is 1. The SMILES string of the molecule is Cc1ccc(NC(=O)[C@H](Sc2cccc[n+]2[O-])c2ccccc2)cc1Cl. The fraction of sp³-hybridized carbons (Fsp3) is 0.100. The van der Waals surface area contributed by atoms with E-state index in [1.807, 2.05) is 49.4 Å². The van der Waals surface area contributed by atoms with Gasteiger partial charge in [0.1, 0.15) is 5.25 Å². The maximum atomic E-state index is 12.9. The molecule has 6 heteroatoms. The molecule has 0 saturated carbocycles. The molecule has 1 aromatic heterocycles. The number of nitrogens with one attached hydrogen (secondary N) is 1. The van der Waals surface area contributed by atoms with Crippen molar-refractivity contribution in [1.29, 1.82) is 0 Å². The third kappa shape index (κ3) is 4.36. The number of aryl methyl sites for hydroxylation is 1. The number of hydrogen-bond donors (Lipinski definition) is 1. The Hall–Kier alpha value is -2.50. The Morgan fingerprint density at radius 3 is 2.54 bits per heavy atom. The molecule has 0 aliphatic rings. The number of anilines is 1. The lowest BCUT2D eigenvalue weighted by atomic mass is 10.1. The summed E-state index contributed by atoms with van der Waals surface area (Å²) in [6.45, 7) is 1.90. The van der Waals surface area contributed by atoms with Crippen LogP contribution in [0.15, 0.2) is 78.0 Å². The van der Waals surface area contributed by atoms with Crippen LogP contribution in [0.5, 0.6) is 0 Å². The van der Waals surface area contributed by atoms with E-state index in [0.29, 0.717) is 15.7 Å². The molecule has 4 nitrogen and oxygen atoms in total. The second-order valence-electron chi connectivity index (χ2n) is 5.73. The van der Waals surface area contributed by atoms with Crippen molar-refractivity contribution in [3.8, 4) is 0 Å². The van der Waals surface area contributed by atoms with E-state index in [4.69, 9.17) is 11.6 Å². The fourth-order valence-electron chi connectivity index (χ4n) is 2.40. The summed E-state index contributed by atoms with van der Waals surface area (Å²) in [5, 5.41) is 15.4. The average molecular weight is 385 g/mol. The van der Waals surface area contributed by atoms with Crippen LogP contribution in [0.25, 0.3) is 0 Å². The molecule has 26 heavy (non-hydrogen) atoms. The minimum Gasteiger partial charge on any atom is -0.618 e. The van der Waals surface area contributed by atoms with Crippen molar-refractivity contribution in [2.45, 2.75) is 17.2 Å². The number of rotatable bonds is 5. The molecular weight excluding hydrogens is 368 g/mol. The molecule has 1 heterocycles. The molecule has 0 saturated heterocycles. The van der Waals surface area contributed by atoms with Gasteiger partial charge in [-0.2, -0.15) is 4.73 Å². The average Bonchev–Trinajstić information content (AvgIpc) is 2.64. The van der Waals surface area contributed by atoms with Gasteiger partial charge in [-0.3, -0.25) is 4.79 Å². The first-order valence-corrected chi connectivity index (χ1v) is 9.27. The highest BCUT2D eigenvalue weighted by atomic mass is 35.5. The zero-order valence-corrected chi connectivity index (χ0v) is 15.6. The number of nitrogens with zero attached hydrogens (tertiary/aromatic N) is 1. The predicted molar refractivity (Wildman–Crippen MR) is 105 cm³/mol. The van der Waals surface area contributed by atoms with E-state index < -0.39 is 5.25 Å². The van der Waals surface area contributed by atoms with Gasteiger partial charge in [0.15, 0.2) is 6.20 Å². The summed E-state index contributed by atoms with van der Waals surface area (Å²) < 4.78 is 0.761. The quantitative estimate of drug-likeness (QED) is 0.392. The molecule has 2 aromatic carbocycles. The Labute approximate surface area is 161 Å². The largest absolute Gasteiger partial charge is 0.618 e. The Morgan fingerprint density at radius 1 is 1.12 bits per heavy atom. The third-order valence-electron chi connectivity index (χ3n) is 3.81. The highest BCUT2D eigenvalue weighted by Gasteiger charge is 2.25. The van der Waals surface area contributed by atoms with Gasteiger partial charge in [-0.1, -0.05) is 48.0 Å². The van der Waals surface area contributed by atoms with Gasteiger partial charge in [-0.25, -0.2) is 0 Å². The summed E-state index contributed by atoms with van der Waals surface area (Å²) in [7, 11) is 0. The van der Waals surface area contributed by atoms with Crippen LogP contribution < -0.4 is 10.0 Å². The summed E-state index contributed by atoms with van der Waals surface area (Å²) in [5.74, 6) is -0.218. The number of carbonyl (C=O) groups excluding carboxylic acids is 1. The first-order valence-electron chi connectivity index (χ1n) is 8.01. The minimum absolute atomic E-state index is 0.218. The number of benzene rings is 2. The van der Waals surface area contributed by atoms with Gasteiger partial charge in [0.2, 0.25) is 5.91 Å². The van der Waals surface area contributed by atoms with Crippen LogP contribution in [0, 0.1) is 12.1 Å². The van der Waals surface area contributed by atoms with Crippen LogP contribution in [0.2, 0.25) is 5.02 Å². The molecule has 0 aliphatic carbocycles. The Kier molecular flexibility index (Phi) is 5.81. The molecule has 0 spiro atoms. The maximum absolute atomic E-state index is 12.9. The number of amides is 1. The summed E-state index contributed by atoms with van der Waals surface area (Å²) in [6.07, 6.45) is 1.42. The predicted octanol–water partition coefficient (Wildman–Crippen LogP) is 4.75. The van der Waals surface area contributed by atoms with E-state index in [1.54, 1.807) is 24.3 Å². The normalized spacial score (nSPS) is 11.8. The van der Waals surface area contributed by atoms with Crippen LogP contribution >= 0.6 is 23.4 Å². The second kappa shape index (κ2) is 8.25. The molecule has 0 fully saturated rings. The molecule has 0 unspecified atom stereocenters. The van der Waals surface area contributed by atoms with E-state index in [9.17, 15) is 10.0 Å². The number of aromatic nitrogens is 1. The van der Waals surface area contributed by atoms with Crippen LogP contribution in [0.3, 0.4) is 0 Å². The number of carbonyl (C=O) groups is 1. The number of thioether (sulfide) groups is 1. The molecule has 132 valence electrons. The standard InChI is InChI=1S/C20H17ClN2O2S/c1-14-10-11-16(13-17(14)21)22-20(24)19(15-7-3-2-4-8-15)26-18-9-5-6-12-23(18)25/h2-13,19H,1H3,(H,22,24)/t19-/m1/s1. The number of hydrogen-bond acceptors (Lipinski definition) is 3. The summed E-state index contributed by atoms with van der Waals surface area (Å²) in [6, 6.07) is 19.9.